The molecule has 0 spiro atoms. The summed E-state index contributed by atoms with van der Waals surface area (Å²) in [6.45, 7) is 2.09. The molecule has 1 amide bonds. The summed E-state index contributed by atoms with van der Waals surface area (Å²) in [5.41, 5.74) is 2.24. The number of nitrogens with zero attached hydrogens (tertiary/aromatic N) is 4. The molecule has 3 aromatic heterocycles. The number of pyridine rings is 2. The molecule has 33 heavy (non-hydrogen) atoms. The lowest BCUT2D eigenvalue weighted by atomic mass is 10.2. The minimum absolute atomic E-state index is 0.0195. The topological polar surface area (TPSA) is 102 Å². The number of aliphatic hydroxyl groups excluding tert-OH is 1. The molecule has 0 unspecified atom stereocenters. The molecule has 3 aromatic rings. The zero-order chi connectivity index (χ0) is 24.2. The average molecular weight is 469 g/mol. The number of hydrogen-bond acceptors (Lipinski definition) is 6. The zero-order valence-electron chi connectivity index (χ0n) is 17.9. The van der Waals surface area contributed by atoms with E-state index in [0.717, 1.165) is 0 Å². The van der Waals surface area contributed by atoms with Gasteiger partial charge in [0.1, 0.15) is 0 Å². The summed E-state index contributed by atoms with van der Waals surface area (Å²) in [4.78, 5) is 20.3. The van der Waals surface area contributed by atoms with Crippen molar-refractivity contribution in [1.82, 2.24) is 25.1 Å². The van der Waals surface area contributed by atoms with E-state index >= 15 is 0 Å². The van der Waals surface area contributed by atoms with Crippen LogP contribution in [0.3, 0.4) is 0 Å². The van der Waals surface area contributed by atoms with Crippen molar-refractivity contribution in [2.45, 2.75) is 45.3 Å². The number of amides is 1. The number of fused-ring (bicyclic) bond motifs is 1. The average Bonchev–Trinajstić information content (AvgIpc) is 3.15. The maximum Gasteiger partial charge on any atom is 0.340 e. The van der Waals surface area contributed by atoms with Crippen LogP contribution in [0.4, 0.5) is 17.6 Å². The number of halogens is 4. The molecule has 3 heterocycles. The molecule has 0 aromatic carbocycles. The lowest BCUT2D eigenvalue weighted by molar-refractivity contribution is -0.148. The van der Waals surface area contributed by atoms with Gasteiger partial charge in [0.2, 0.25) is 11.8 Å². The van der Waals surface area contributed by atoms with Crippen LogP contribution >= 0.6 is 0 Å². The molecule has 0 saturated heterocycles. The normalized spacial score (nSPS) is 12.8. The summed E-state index contributed by atoms with van der Waals surface area (Å²) in [7, 11) is 0. The maximum absolute atomic E-state index is 13.1. The molecular weight excluding hydrogens is 446 g/mol. The highest BCUT2D eigenvalue weighted by molar-refractivity contribution is 5.86. The predicted molar refractivity (Wildman–Crippen MR) is 110 cm³/mol. The third-order valence-electron chi connectivity index (χ3n) is 4.64. The van der Waals surface area contributed by atoms with Crippen molar-refractivity contribution in [1.29, 1.82) is 0 Å². The van der Waals surface area contributed by atoms with Crippen molar-refractivity contribution in [3.63, 3.8) is 0 Å². The van der Waals surface area contributed by atoms with Gasteiger partial charge < -0.3 is 15.2 Å². The fourth-order valence-corrected chi connectivity index (χ4v) is 3.02. The molecule has 0 aliphatic carbocycles. The highest BCUT2D eigenvalue weighted by Gasteiger charge is 2.42. The largest absolute Gasteiger partial charge is 0.471 e. The summed E-state index contributed by atoms with van der Waals surface area (Å²) >= 11 is 0. The van der Waals surface area contributed by atoms with Gasteiger partial charge in [-0.05, 0) is 31.5 Å². The molecule has 3 rings (SSSR count). The molecule has 0 fully saturated rings. The van der Waals surface area contributed by atoms with Gasteiger partial charge in [-0.3, -0.25) is 14.5 Å². The Hall–Kier alpha value is -3.28. The molecule has 1 atom stereocenters. The van der Waals surface area contributed by atoms with Crippen molar-refractivity contribution in [3.05, 3.63) is 47.5 Å². The van der Waals surface area contributed by atoms with Gasteiger partial charge in [-0.25, -0.2) is 13.8 Å². The first-order valence-corrected chi connectivity index (χ1v) is 10.0. The number of carbonyl (C=O) groups excluding carboxylic acids is 1. The number of nitrogens with one attached hydrogen (secondary N) is 1. The van der Waals surface area contributed by atoms with Crippen LogP contribution in [0.25, 0.3) is 10.9 Å². The molecule has 178 valence electrons. The third kappa shape index (κ3) is 6.37. The number of aliphatic hydroxyl groups is 1. The molecule has 0 aliphatic heterocycles. The Morgan fingerprint density at radius 3 is 2.76 bits per heavy atom. The quantitative estimate of drug-likeness (QED) is 0.443. The van der Waals surface area contributed by atoms with E-state index in [0.29, 0.717) is 27.7 Å². The van der Waals surface area contributed by atoms with Crippen LogP contribution in [-0.2, 0) is 17.8 Å². The number of hydrogen-bond donors (Lipinski definition) is 2. The second-order valence-corrected chi connectivity index (χ2v) is 7.66. The second kappa shape index (κ2) is 10.1. The smallest absolute Gasteiger partial charge is 0.340 e. The fourth-order valence-electron chi connectivity index (χ4n) is 3.02. The minimum atomic E-state index is -4.26. The van der Waals surface area contributed by atoms with Crippen molar-refractivity contribution in [2.24, 2.45) is 0 Å². The fraction of sp³-hybridized carbons (Fsp3) is 0.429. The number of ether oxygens (including phenoxy) is 1. The van der Waals surface area contributed by atoms with Crippen LogP contribution in [0, 0.1) is 6.92 Å². The lowest BCUT2D eigenvalue weighted by Crippen LogP contribution is -2.34. The van der Waals surface area contributed by atoms with Crippen LogP contribution in [0.2, 0.25) is 0 Å². The Morgan fingerprint density at radius 1 is 1.33 bits per heavy atom. The molecule has 0 bridgehead atoms. The summed E-state index contributed by atoms with van der Waals surface area (Å²) < 4.78 is 57.1. The zero-order valence-corrected chi connectivity index (χ0v) is 17.9. The van der Waals surface area contributed by atoms with E-state index in [1.165, 1.54) is 6.20 Å². The van der Waals surface area contributed by atoms with Crippen molar-refractivity contribution in [2.75, 3.05) is 13.2 Å². The minimum Gasteiger partial charge on any atom is -0.471 e. The Labute approximate surface area is 186 Å². The van der Waals surface area contributed by atoms with Gasteiger partial charge >= 0.3 is 12.3 Å². The number of alkyl halides is 4. The SMILES string of the molecule is Cc1cc(Cn2cc3c(CC(=O)NC[C@@H](C)O)nccc3n2)cnc1OCC(F)(F)C(F)F. The van der Waals surface area contributed by atoms with Crippen molar-refractivity contribution >= 4 is 16.8 Å². The molecule has 12 heteroatoms. The monoisotopic (exact) mass is 469 g/mol. The highest BCUT2D eigenvalue weighted by Crippen LogP contribution is 2.25. The van der Waals surface area contributed by atoms with Crippen LogP contribution in [0.5, 0.6) is 5.88 Å². The van der Waals surface area contributed by atoms with Gasteiger partial charge in [-0.1, -0.05) is 0 Å². The van der Waals surface area contributed by atoms with Gasteiger partial charge in [0.05, 0.1) is 30.3 Å². The van der Waals surface area contributed by atoms with E-state index in [1.807, 2.05) is 0 Å². The molecule has 8 nitrogen and oxygen atoms in total. The predicted octanol–water partition coefficient (Wildman–Crippen LogP) is 2.50. The summed E-state index contributed by atoms with van der Waals surface area (Å²) in [6.07, 6.45) is 0.195. The number of carbonyl (C=O) groups is 1. The first kappa shape index (κ1) is 24.4. The van der Waals surface area contributed by atoms with Gasteiger partial charge in [0, 0.05) is 36.1 Å². The maximum atomic E-state index is 13.1. The van der Waals surface area contributed by atoms with Crippen LogP contribution < -0.4 is 10.1 Å². The Morgan fingerprint density at radius 2 is 2.09 bits per heavy atom. The summed E-state index contributed by atoms with van der Waals surface area (Å²) in [6, 6.07) is 3.34. The van der Waals surface area contributed by atoms with E-state index in [9.17, 15) is 27.5 Å². The van der Waals surface area contributed by atoms with Gasteiger partial charge in [-0.2, -0.15) is 13.9 Å². The van der Waals surface area contributed by atoms with E-state index in [-0.39, 0.29) is 31.3 Å². The molecule has 0 radical (unpaired) electrons. The van der Waals surface area contributed by atoms with Crippen molar-refractivity contribution in [3.8, 4) is 5.88 Å². The van der Waals surface area contributed by atoms with Gasteiger partial charge in [0.25, 0.3) is 0 Å². The number of rotatable bonds is 10. The second-order valence-electron chi connectivity index (χ2n) is 7.66. The Bertz CT molecular complexity index is 1120. The molecule has 0 aliphatic rings. The first-order valence-electron chi connectivity index (χ1n) is 10.0. The summed E-state index contributed by atoms with van der Waals surface area (Å²) in [5, 5.41) is 17.0. The van der Waals surface area contributed by atoms with Crippen molar-refractivity contribution < 1.29 is 32.2 Å². The summed E-state index contributed by atoms with van der Waals surface area (Å²) in [5.74, 6) is -4.70. The third-order valence-corrected chi connectivity index (χ3v) is 4.64. The van der Waals surface area contributed by atoms with E-state index < -0.39 is 25.1 Å². The van der Waals surface area contributed by atoms with Crippen LogP contribution in [0.15, 0.2) is 30.7 Å². The van der Waals surface area contributed by atoms with Crippen LogP contribution in [-0.4, -0.2) is 62.4 Å². The van der Waals surface area contributed by atoms with E-state index in [4.69, 9.17) is 4.74 Å². The number of aromatic nitrogens is 4. The first-order chi connectivity index (χ1) is 15.5. The number of aryl methyl sites for hydroxylation is 1. The molecular formula is C21H23F4N5O3. The highest BCUT2D eigenvalue weighted by atomic mass is 19.3. The standard InChI is InChI=1S/C21H23F4N5O3/c1-12-5-14(8-28-19(12)33-11-21(24,25)20(22)23)9-30-10-15-16(29-30)3-4-26-17(15)6-18(32)27-7-13(2)31/h3-5,8,10,13,20,31H,6-7,9,11H2,1-2H3,(H,27,32)/t13-/m1/s1. The molecule has 2 N–H and O–H groups in total. The van der Waals surface area contributed by atoms with E-state index in [1.54, 1.807) is 43.1 Å². The van der Waals surface area contributed by atoms with Crippen LogP contribution in [0.1, 0.15) is 23.7 Å². The van der Waals surface area contributed by atoms with Gasteiger partial charge in [0.15, 0.2) is 6.61 Å². The van der Waals surface area contributed by atoms with E-state index in [2.05, 4.69) is 20.4 Å². The van der Waals surface area contributed by atoms with Gasteiger partial charge in [-0.15, -0.1) is 0 Å². The molecule has 0 saturated carbocycles. The Balaban J connectivity index is 1.71. The lowest BCUT2D eigenvalue weighted by Gasteiger charge is -2.16. The Kier molecular flexibility index (Phi) is 7.46.